The van der Waals surface area contributed by atoms with E-state index in [9.17, 15) is 0 Å². The molecule has 0 aliphatic carbocycles. The lowest BCUT2D eigenvalue weighted by molar-refractivity contribution is 0.158. The van der Waals surface area contributed by atoms with Crippen LogP contribution in [0.1, 0.15) is 33.1 Å². The third kappa shape index (κ3) is 4.81. The standard InChI is InChI=1S/C13H28N2O/c1-4-13(5-2)14-10-12-6-7-15(11-12)8-9-16-3/h12-14H,4-11H2,1-3H3. The van der Waals surface area contributed by atoms with E-state index in [0.717, 1.165) is 19.1 Å². The van der Waals surface area contributed by atoms with E-state index in [4.69, 9.17) is 4.74 Å². The fraction of sp³-hybridized carbons (Fsp3) is 1.00. The molecular formula is C13H28N2O. The van der Waals surface area contributed by atoms with Gasteiger partial charge < -0.3 is 15.0 Å². The van der Waals surface area contributed by atoms with Crippen molar-refractivity contribution in [3.05, 3.63) is 0 Å². The van der Waals surface area contributed by atoms with Crippen molar-refractivity contribution in [2.75, 3.05) is 39.9 Å². The molecule has 0 saturated carbocycles. The smallest absolute Gasteiger partial charge is 0.0589 e. The molecule has 3 nitrogen and oxygen atoms in total. The van der Waals surface area contributed by atoms with Crippen molar-refractivity contribution in [3.8, 4) is 0 Å². The molecule has 3 heteroatoms. The number of nitrogens with one attached hydrogen (secondary N) is 1. The van der Waals surface area contributed by atoms with Gasteiger partial charge in [0.2, 0.25) is 0 Å². The molecule has 1 aliphatic rings. The highest BCUT2D eigenvalue weighted by Gasteiger charge is 2.22. The van der Waals surface area contributed by atoms with E-state index in [2.05, 4.69) is 24.1 Å². The van der Waals surface area contributed by atoms with E-state index in [-0.39, 0.29) is 0 Å². The van der Waals surface area contributed by atoms with E-state index >= 15 is 0 Å². The van der Waals surface area contributed by atoms with E-state index in [1.807, 2.05) is 0 Å². The highest BCUT2D eigenvalue weighted by atomic mass is 16.5. The quantitative estimate of drug-likeness (QED) is 0.685. The van der Waals surface area contributed by atoms with Gasteiger partial charge in [-0.05, 0) is 38.3 Å². The third-order valence-electron chi connectivity index (χ3n) is 3.66. The summed E-state index contributed by atoms with van der Waals surface area (Å²) < 4.78 is 5.11. The number of nitrogens with zero attached hydrogens (tertiary/aromatic N) is 1. The van der Waals surface area contributed by atoms with Crippen molar-refractivity contribution in [1.29, 1.82) is 0 Å². The fourth-order valence-electron chi connectivity index (χ4n) is 2.41. The molecule has 0 bridgehead atoms. The van der Waals surface area contributed by atoms with Crippen LogP contribution < -0.4 is 5.32 Å². The average Bonchev–Trinajstić information content (AvgIpc) is 2.76. The van der Waals surface area contributed by atoms with Crippen molar-refractivity contribution >= 4 is 0 Å². The average molecular weight is 228 g/mol. The molecule has 1 saturated heterocycles. The molecule has 0 amide bonds. The lowest BCUT2D eigenvalue weighted by atomic mass is 10.1. The first-order valence-corrected chi connectivity index (χ1v) is 6.74. The van der Waals surface area contributed by atoms with Crippen molar-refractivity contribution in [1.82, 2.24) is 10.2 Å². The Hall–Kier alpha value is -0.120. The van der Waals surface area contributed by atoms with Gasteiger partial charge in [0.25, 0.3) is 0 Å². The fourth-order valence-corrected chi connectivity index (χ4v) is 2.41. The number of hydrogen-bond donors (Lipinski definition) is 1. The number of methoxy groups -OCH3 is 1. The first-order valence-electron chi connectivity index (χ1n) is 6.74. The zero-order valence-electron chi connectivity index (χ0n) is 11.2. The maximum absolute atomic E-state index is 5.11. The van der Waals surface area contributed by atoms with Gasteiger partial charge in [-0.3, -0.25) is 0 Å². The van der Waals surface area contributed by atoms with Crippen molar-refractivity contribution in [2.45, 2.75) is 39.2 Å². The highest BCUT2D eigenvalue weighted by molar-refractivity contribution is 4.78. The van der Waals surface area contributed by atoms with Crippen LogP contribution in [0.4, 0.5) is 0 Å². The van der Waals surface area contributed by atoms with Gasteiger partial charge >= 0.3 is 0 Å². The Balaban J connectivity index is 2.11. The molecule has 1 rings (SSSR count). The Labute approximate surface area is 101 Å². The molecule has 1 unspecified atom stereocenters. The minimum absolute atomic E-state index is 0.716. The molecule has 1 aliphatic heterocycles. The third-order valence-corrected chi connectivity index (χ3v) is 3.66. The van der Waals surface area contributed by atoms with E-state index in [1.54, 1.807) is 7.11 Å². The molecule has 1 N–H and O–H groups in total. The van der Waals surface area contributed by atoms with Crippen LogP contribution in [-0.2, 0) is 4.74 Å². The topological polar surface area (TPSA) is 24.5 Å². The van der Waals surface area contributed by atoms with Gasteiger partial charge in [0.15, 0.2) is 0 Å². The van der Waals surface area contributed by atoms with Gasteiger partial charge in [0.1, 0.15) is 0 Å². The minimum atomic E-state index is 0.716. The Morgan fingerprint density at radius 1 is 1.38 bits per heavy atom. The maximum Gasteiger partial charge on any atom is 0.0589 e. The summed E-state index contributed by atoms with van der Waals surface area (Å²) >= 11 is 0. The molecule has 0 radical (unpaired) electrons. The zero-order valence-corrected chi connectivity index (χ0v) is 11.2. The van der Waals surface area contributed by atoms with E-state index in [1.165, 1.54) is 38.9 Å². The SMILES string of the molecule is CCC(CC)NCC1CCN(CCOC)C1. The monoisotopic (exact) mass is 228 g/mol. The molecule has 0 aromatic rings. The van der Waals surface area contributed by atoms with Crippen LogP contribution in [0, 0.1) is 5.92 Å². The second kappa shape index (κ2) is 8.04. The van der Waals surface area contributed by atoms with Crippen molar-refractivity contribution < 1.29 is 4.74 Å². The number of ether oxygens (including phenoxy) is 1. The van der Waals surface area contributed by atoms with Crippen LogP contribution in [0.2, 0.25) is 0 Å². The Morgan fingerprint density at radius 3 is 2.75 bits per heavy atom. The summed E-state index contributed by atoms with van der Waals surface area (Å²) in [5, 5.41) is 3.68. The van der Waals surface area contributed by atoms with E-state index in [0.29, 0.717) is 6.04 Å². The molecule has 0 aromatic carbocycles. The summed E-state index contributed by atoms with van der Waals surface area (Å²) in [7, 11) is 1.78. The molecule has 1 heterocycles. The Bertz CT molecular complexity index is 171. The van der Waals surface area contributed by atoms with Crippen LogP contribution in [-0.4, -0.2) is 50.8 Å². The zero-order chi connectivity index (χ0) is 11.8. The summed E-state index contributed by atoms with van der Waals surface area (Å²) in [6, 6.07) is 0.716. The molecule has 1 atom stereocenters. The molecule has 16 heavy (non-hydrogen) atoms. The van der Waals surface area contributed by atoms with E-state index < -0.39 is 0 Å². The van der Waals surface area contributed by atoms with Crippen molar-refractivity contribution in [3.63, 3.8) is 0 Å². The lowest BCUT2D eigenvalue weighted by Crippen LogP contribution is -2.34. The van der Waals surface area contributed by atoms with Crippen LogP contribution in [0.3, 0.4) is 0 Å². The van der Waals surface area contributed by atoms with Gasteiger partial charge in [-0.15, -0.1) is 0 Å². The largest absolute Gasteiger partial charge is 0.383 e. The van der Waals surface area contributed by atoms with Crippen LogP contribution in [0.5, 0.6) is 0 Å². The second-order valence-electron chi connectivity index (χ2n) is 4.87. The number of hydrogen-bond acceptors (Lipinski definition) is 3. The highest BCUT2D eigenvalue weighted by Crippen LogP contribution is 2.15. The number of likely N-dealkylation sites (tertiary alicyclic amines) is 1. The normalized spacial score (nSPS) is 22.1. The molecule has 0 aromatic heterocycles. The van der Waals surface area contributed by atoms with Crippen molar-refractivity contribution in [2.24, 2.45) is 5.92 Å². The summed E-state index contributed by atoms with van der Waals surface area (Å²) in [6.07, 6.45) is 3.84. The van der Waals surface area contributed by atoms with Gasteiger partial charge in [-0.1, -0.05) is 13.8 Å². The second-order valence-corrected chi connectivity index (χ2v) is 4.87. The lowest BCUT2D eigenvalue weighted by Gasteiger charge is -2.19. The summed E-state index contributed by atoms with van der Waals surface area (Å²) in [6.45, 7) is 10.2. The minimum Gasteiger partial charge on any atom is -0.383 e. The van der Waals surface area contributed by atoms with Crippen LogP contribution in [0.15, 0.2) is 0 Å². The van der Waals surface area contributed by atoms with Gasteiger partial charge in [0, 0.05) is 26.2 Å². The van der Waals surface area contributed by atoms with Gasteiger partial charge in [-0.2, -0.15) is 0 Å². The number of rotatable bonds is 8. The Kier molecular flexibility index (Phi) is 7.01. The first-order chi connectivity index (χ1) is 7.80. The molecular weight excluding hydrogens is 200 g/mol. The summed E-state index contributed by atoms with van der Waals surface area (Å²) in [4.78, 5) is 2.52. The maximum atomic E-state index is 5.11. The molecule has 0 spiro atoms. The van der Waals surface area contributed by atoms with Crippen LogP contribution >= 0.6 is 0 Å². The van der Waals surface area contributed by atoms with Gasteiger partial charge in [-0.25, -0.2) is 0 Å². The summed E-state index contributed by atoms with van der Waals surface area (Å²) in [5.41, 5.74) is 0. The molecule has 1 fully saturated rings. The Morgan fingerprint density at radius 2 is 2.12 bits per heavy atom. The van der Waals surface area contributed by atoms with Crippen LogP contribution in [0.25, 0.3) is 0 Å². The first kappa shape index (κ1) is 13.9. The van der Waals surface area contributed by atoms with Gasteiger partial charge in [0.05, 0.1) is 6.61 Å². The molecule has 96 valence electrons. The predicted octanol–water partition coefficient (Wildman–Crippen LogP) is 1.73. The predicted molar refractivity (Wildman–Crippen MR) is 68.8 cm³/mol. The summed E-state index contributed by atoms with van der Waals surface area (Å²) in [5.74, 6) is 0.845.